The van der Waals surface area contributed by atoms with E-state index in [9.17, 15) is 4.79 Å². The number of carbonyl (C=O) groups excluding carboxylic acids is 1. The van der Waals surface area contributed by atoms with Crippen LogP contribution in [0.3, 0.4) is 0 Å². The predicted molar refractivity (Wildman–Crippen MR) is 79.1 cm³/mol. The molecule has 2 N–H and O–H groups in total. The Kier molecular flexibility index (Phi) is 4.98. The fourth-order valence-corrected chi connectivity index (χ4v) is 3.64. The number of rotatable bonds is 1. The van der Waals surface area contributed by atoms with Gasteiger partial charge in [0.15, 0.2) is 0 Å². The van der Waals surface area contributed by atoms with Crippen LogP contribution in [0.1, 0.15) is 32.1 Å². The standard InChI is InChI=1S/C15H27N3O3/c16-12-4-8-21-14(11-12)13-3-1-2-5-18(13)15(19)17-6-9-20-10-7-17/h12-14H,1-11,16H2. The van der Waals surface area contributed by atoms with E-state index < -0.39 is 0 Å². The second-order valence-electron chi connectivity index (χ2n) is 6.33. The Morgan fingerprint density at radius 1 is 1.05 bits per heavy atom. The maximum absolute atomic E-state index is 12.8. The summed E-state index contributed by atoms with van der Waals surface area (Å²) in [6, 6.07) is 0.567. The van der Waals surface area contributed by atoms with Gasteiger partial charge in [0.2, 0.25) is 0 Å². The largest absolute Gasteiger partial charge is 0.378 e. The average molecular weight is 297 g/mol. The highest BCUT2D eigenvalue weighted by Crippen LogP contribution is 2.27. The topological polar surface area (TPSA) is 68.0 Å². The second-order valence-corrected chi connectivity index (χ2v) is 6.33. The van der Waals surface area contributed by atoms with Crippen LogP contribution in [0.4, 0.5) is 4.79 Å². The Balaban J connectivity index is 1.66. The third-order valence-electron chi connectivity index (χ3n) is 4.86. The molecular formula is C15H27N3O3. The molecule has 3 heterocycles. The van der Waals surface area contributed by atoms with Crippen molar-refractivity contribution in [3.8, 4) is 0 Å². The quantitative estimate of drug-likeness (QED) is 0.777. The van der Waals surface area contributed by atoms with Crippen molar-refractivity contribution in [2.24, 2.45) is 5.73 Å². The predicted octanol–water partition coefficient (Wildman–Crippen LogP) is 0.799. The molecule has 2 amide bonds. The number of hydrogen-bond donors (Lipinski definition) is 1. The van der Waals surface area contributed by atoms with Crippen molar-refractivity contribution in [1.82, 2.24) is 9.80 Å². The minimum absolute atomic E-state index is 0.110. The van der Waals surface area contributed by atoms with Crippen molar-refractivity contribution in [3.05, 3.63) is 0 Å². The van der Waals surface area contributed by atoms with Gasteiger partial charge in [-0.1, -0.05) is 0 Å². The summed E-state index contributed by atoms with van der Waals surface area (Å²) in [5.41, 5.74) is 6.09. The number of carbonyl (C=O) groups is 1. The van der Waals surface area contributed by atoms with E-state index in [0.29, 0.717) is 26.3 Å². The minimum Gasteiger partial charge on any atom is -0.378 e. The molecule has 0 aromatic carbocycles. The van der Waals surface area contributed by atoms with E-state index in [1.165, 1.54) is 6.42 Å². The van der Waals surface area contributed by atoms with Crippen LogP contribution >= 0.6 is 0 Å². The normalized spacial score (nSPS) is 34.8. The molecule has 0 aromatic heterocycles. The number of hydrogen-bond acceptors (Lipinski definition) is 4. The molecule has 6 nitrogen and oxygen atoms in total. The number of likely N-dealkylation sites (tertiary alicyclic amines) is 1. The molecule has 0 aromatic rings. The van der Waals surface area contributed by atoms with Crippen molar-refractivity contribution in [2.75, 3.05) is 39.5 Å². The first-order valence-electron chi connectivity index (χ1n) is 8.26. The molecule has 21 heavy (non-hydrogen) atoms. The van der Waals surface area contributed by atoms with Gasteiger partial charge in [-0.25, -0.2) is 4.79 Å². The fourth-order valence-electron chi connectivity index (χ4n) is 3.64. The van der Waals surface area contributed by atoms with Gasteiger partial charge in [-0.2, -0.15) is 0 Å². The van der Waals surface area contributed by atoms with Crippen LogP contribution in [0.25, 0.3) is 0 Å². The van der Waals surface area contributed by atoms with Crippen LogP contribution in [0.15, 0.2) is 0 Å². The van der Waals surface area contributed by atoms with Gasteiger partial charge in [-0.05, 0) is 32.1 Å². The average Bonchev–Trinajstić information content (AvgIpc) is 2.55. The zero-order chi connectivity index (χ0) is 14.7. The van der Waals surface area contributed by atoms with Crippen LogP contribution in [-0.2, 0) is 9.47 Å². The Morgan fingerprint density at radius 3 is 2.62 bits per heavy atom. The highest BCUT2D eigenvalue weighted by molar-refractivity contribution is 5.75. The summed E-state index contributed by atoms with van der Waals surface area (Å²) in [6.07, 6.45) is 5.21. The zero-order valence-corrected chi connectivity index (χ0v) is 12.7. The number of nitrogens with zero attached hydrogens (tertiary/aromatic N) is 2. The van der Waals surface area contributed by atoms with Crippen molar-refractivity contribution >= 4 is 6.03 Å². The summed E-state index contributed by atoms with van der Waals surface area (Å²) in [7, 11) is 0. The van der Waals surface area contributed by atoms with Crippen LogP contribution in [0.5, 0.6) is 0 Å². The maximum atomic E-state index is 12.8. The first-order chi connectivity index (χ1) is 10.3. The summed E-state index contributed by atoms with van der Waals surface area (Å²) in [4.78, 5) is 16.8. The maximum Gasteiger partial charge on any atom is 0.320 e. The van der Waals surface area contributed by atoms with Crippen LogP contribution < -0.4 is 5.73 Å². The molecule has 0 aliphatic carbocycles. The number of nitrogens with two attached hydrogens (primary N) is 1. The van der Waals surface area contributed by atoms with E-state index in [1.54, 1.807) is 0 Å². The van der Waals surface area contributed by atoms with Crippen molar-refractivity contribution < 1.29 is 14.3 Å². The molecule has 0 bridgehead atoms. The number of morpholine rings is 1. The van der Waals surface area contributed by atoms with Crippen LogP contribution in [0, 0.1) is 0 Å². The van der Waals surface area contributed by atoms with E-state index in [2.05, 4.69) is 0 Å². The molecule has 3 aliphatic rings. The molecule has 3 saturated heterocycles. The summed E-state index contributed by atoms with van der Waals surface area (Å²) in [5.74, 6) is 0. The van der Waals surface area contributed by atoms with Gasteiger partial charge in [0.1, 0.15) is 0 Å². The van der Waals surface area contributed by atoms with E-state index in [4.69, 9.17) is 15.2 Å². The SMILES string of the molecule is NC1CCOC(C2CCCCN2C(=O)N2CCOCC2)C1. The molecule has 120 valence electrons. The van der Waals surface area contributed by atoms with Gasteiger partial charge >= 0.3 is 6.03 Å². The lowest BCUT2D eigenvalue weighted by Crippen LogP contribution is -2.58. The number of piperidine rings is 1. The minimum atomic E-state index is 0.110. The lowest BCUT2D eigenvalue weighted by atomic mass is 9.91. The number of amides is 2. The van der Waals surface area contributed by atoms with Gasteiger partial charge < -0.3 is 25.0 Å². The van der Waals surface area contributed by atoms with Crippen molar-refractivity contribution in [2.45, 2.75) is 50.3 Å². The molecule has 0 spiro atoms. The van der Waals surface area contributed by atoms with Crippen LogP contribution in [-0.4, -0.2) is 73.5 Å². The van der Waals surface area contributed by atoms with Gasteiger partial charge in [0.25, 0.3) is 0 Å². The molecule has 0 saturated carbocycles. The van der Waals surface area contributed by atoms with Gasteiger partial charge in [0.05, 0.1) is 25.4 Å². The highest BCUT2D eigenvalue weighted by atomic mass is 16.5. The first kappa shape index (κ1) is 15.1. The Bertz CT molecular complexity index is 360. The fraction of sp³-hybridized carbons (Fsp3) is 0.933. The summed E-state index contributed by atoms with van der Waals surface area (Å²) in [5, 5.41) is 0. The summed E-state index contributed by atoms with van der Waals surface area (Å²) in [6.45, 7) is 4.27. The summed E-state index contributed by atoms with van der Waals surface area (Å²) < 4.78 is 11.3. The molecule has 6 heteroatoms. The third kappa shape index (κ3) is 3.49. The lowest BCUT2D eigenvalue weighted by molar-refractivity contribution is -0.0527. The molecule has 3 fully saturated rings. The number of urea groups is 1. The molecular weight excluding hydrogens is 270 g/mol. The lowest BCUT2D eigenvalue weighted by Gasteiger charge is -2.44. The second kappa shape index (κ2) is 6.94. The molecule has 0 radical (unpaired) electrons. The highest BCUT2D eigenvalue weighted by Gasteiger charge is 2.37. The van der Waals surface area contributed by atoms with Gasteiger partial charge in [-0.15, -0.1) is 0 Å². The monoisotopic (exact) mass is 297 g/mol. The molecule has 3 atom stereocenters. The van der Waals surface area contributed by atoms with E-state index >= 15 is 0 Å². The van der Waals surface area contributed by atoms with Crippen molar-refractivity contribution in [1.29, 1.82) is 0 Å². The Hall–Kier alpha value is -0.850. The number of ether oxygens (including phenoxy) is 2. The Morgan fingerprint density at radius 2 is 1.86 bits per heavy atom. The molecule has 3 aliphatic heterocycles. The van der Waals surface area contributed by atoms with Crippen molar-refractivity contribution in [3.63, 3.8) is 0 Å². The van der Waals surface area contributed by atoms with E-state index in [1.807, 2.05) is 9.80 Å². The Labute approximate surface area is 126 Å². The first-order valence-corrected chi connectivity index (χ1v) is 8.26. The van der Waals surface area contributed by atoms with Gasteiger partial charge in [0, 0.05) is 32.3 Å². The van der Waals surface area contributed by atoms with E-state index in [-0.39, 0.29) is 24.2 Å². The summed E-state index contributed by atoms with van der Waals surface area (Å²) >= 11 is 0. The van der Waals surface area contributed by atoms with Crippen LogP contribution in [0.2, 0.25) is 0 Å². The zero-order valence-electron chi connectivity index (χ0n) is 12.7. The van der Waals surface area contributed by atoms with E-state index in [0.717, 1.165) is 38.8 Å². The third-order valence-corrected chi connectivity index (χ3v) is 4.86. The molecule has 3 unspecified atom stereocenters. The smallest absolute Gasteiger partial charge is 0.320 e. The van der Waals surface area contributed by atoms with Gasteiger partial charge in [-0.3, -0.25) is 0 Å². The molecule has 3 rings (SSSR count).